The summed E-state index contributed by atoms with van der Waals surface area (Å²) >= 11 is 4.93. The van der Waals surface area contributed by atoms with Crippen molar-refractivity contribution in [3.05, 3.63) is 118 Å². The van der Waals surface area contributed by atoms with Gasteiger partial charge in [0.2, 0.25) is 0 Å². The zero-order valence-electron chi connectivity index (χ0n) is 22.4. The number of nitrogens with zero attached hydrogens (tertiary/aromatic N) is 2. The minimum Gasteiger partial charge on any atom is -0.316 e. The molecule has 2 nitrogen and oxygen atoms in total. The van der Waals surface area contributed by atoms with Gasteiger partial charge in [0.25, 0.3) is 0 Å². The summed E-state index contributed by atoms with van der Waals surface area (Å²) in [4.78, 5) is 4.37. The second-order valence-electron chi connectivity index (χ2n) is 9.98. The first-order valence-electron chi connectivity index (χ1n) is 13.4. The van der Waals surface area contributed by atoms with E-state index in [0.717, 1.165) is 56.2 Å². The Morgan fingerprint density at radius 3 is 2.56 bits per heavy atom. The Kier molecular flexibility index (Phi) is 8.41. The summed E-state index contributed by atoms with van der Waals surface area (Å²) in [6.45, 7) is 17.5. The van der Waals surface area contributed by atoms with Crippen molar-refractivity contribution < 1.29 is 0 Å². The zero-order valence-corrected chi connectivity index (χ0v) is 23.3. The molecule has 0 spiro atoms. The van der Waals surface area contributed by atoms with Crippen molar-refractivity contribution in [1.82, 2.24) is 9.29 Å². The van der Waals surface area contributed by atoms with Crippen molar-refractivity contribution in [2.45, 2.75) is 78.7 Å². The van der Waals surface area contributed by atoms with Gasteiger partial charge in [-0.2, -0.15) is 0 Å². The SMILES string of the molecule is C=C1C=C2C(=CC=C1CC)c1c(cc(CC)c(CC)c1CCc1cccnc1)CCC2N(S)C(=C)C. The molecule has 0 amide bonds. The van der Waals surface area contributed by atoms with Crippen LogP contribution >= 0.6 is 12.8 Å². The first kappa shape index (κ1) is 26.3. The van der Waals surface area contributed by atoms with Crippen LogP contribution < -0.4 is 0 Å². The summed E-state index contributed by atoms with van der Waals surface area (Å²) in [5.74, 6) is 0. The summed E-state index contributed by atoms with van der Waals surface area (Å²) in [7, 11) is 0. The molecule has 36 heavy (non-hydrogen) atoms. The van der Waals surface area contributed by atoms with Gasteiger partial charge in [0, 0.05) is 18.1 Å². The molecule has 1 aromatic carbocycles. The molecule has 0 fully saturated rings. The van der Waals surface area contributed by atoms with Crippen LogP contribution in [-0.2, 0) is 32.1 Å². The fraction of sp³-hybridized carbons (Fsp3) is 0.364. The quantitative estimate of drug-likeness (QED) is 0.371. The van der Waals surface area contributed by atoms with Crippen molar-refractivity contribution in [1.29, 1.82) is 0 Å². The second-order valence-corrected chi connectivity index (χ2v) is 10.4. The maximum Gasteiger partial charge on any atom is 0.0659 e. The number of pyridine rings is 1. The smallest absolute Gasteiger partial charge is 0.0659 e. The Balaban J connectivity index is 1.96. The van der Waals surface area contributed by atoms with E-state index in [0.29, 0.717) is 0 Å². The average molecular weight is 497 g/mol. The molecule has 0 saturated heterocycles. The highest BCUT2D eigenvalue weighted by molar-refractivity contribution is 7.77. The van der Waals surface area contributed by atoms with Crippen LogP contribution in [0.1, 0.15) is 73.9 Å². The predicted octanol–water partition coefficient (Wildman–Crippen LogP) is 8.20. The molecule has 3 heteroatoms. The Labute approximate surface area is 223 Å². The predicted molar refractivity (Wildman–Crippen MR) is 158 cm³/mol. The second kappa shape index (κ2) is 11.5. The van der Waals surface area contributed by atoms with Gasteiger partial charge in [-0.15, -0.1) is 0 Å². The van der Waals surface area contributed by atoms with Crippen molar-refractivity contribution in [2.75, 3.05) is 0 Å². The molecule has 2 aliphatic carbocycles. The highest BCUT2D eigenvalue weighted by Gasteiger charge is 2.32. The van der Waals surface area contributed by atoms with Gasteiger partial charge < -0.3 is 4.31 Å². The minimum absolute atomic E-state index is 0.146. The number of fused-ring (bicyclic) bond motifs is 3. The molecule has 1 atom stereocenters. The number of rotatable bonds is 8. The van der Waals surface area contributed by atoms with Crippen LogP contribution in [0.2, 0.25) is 0 Å². The van der Waals surface area contributed by atoms with E-state index in [-0.39, 0.29) is 6.04 Å². The van der Waals surface area contributed by atoms with Gasteiger partial charge in [-0.3, -0.25) is 4.98 Å². The van der Waals surface area contributed by atoms with Gasteiger partial charge >= 0.3 is 0 Å². The molecule has 2 aromatic rings. The van der Waals surface area contributed by atoms with E-state index in [4.69, 9.17) is 12.8 Å². The molecule has 0 aliphatic heterocycles. The van der Waals surface area contributed by atoms with E-state index in [2.05, 4.69) is 73.6 Å². The maximum absolute atomic E-state index is 4.93. The number of hydrogen-bond acceptors (Lipinski definition) is 3. The first-order valence-corrected chi connectivity index (χ1v) is 13.8. The van der Waals surface area contributed by atoms with E-state index in [9.17, 15) is 0 Å². The van der Waals surface area contributed by atoms with Crippen molar-refractivity contribution in [3.8, 4) is 0 Å². The Morgan fingerprint density at radius 1 is 1.11 bits per heavy atom. The molecule has 0 saturated carbocycles. The lowest BCUT2D eigenvalue weighted by molar-refractivity contribution is 0.455. The molecule has 188 valence electrons. The summed E-state index contributed by atoms with van der Waals surface area (Å²) in [5, 5.41) is 0. The van der Waals surface area contributed by atoms with Gasteiger partial charge in [-0.05, 0) is 120 Å². The molecule has 1 heterocycles. The van der Waals surface area contributed by atoms with Crippen molar-refractivity contribution in [3.63, 3.8) is 0 Å². The molecule has 0 radical (unpaired) electrons. The van der Waals surface area contributed by atoms with E-state index < -0.39 is 0 Å². The average Bonchev–Trinajstić information content (AvgIpc) is 3.14. The number of hydrogen-bond donors (Lipinski definition) is 1. The van der Waals surface area contributed by atoms with Crippen LogP contribution in [0.3, 0.4) is 0 Å². The van der Waals surface area contributed by atoms with E-state index in [1.807, 2.05) is 25.4 Å². The minimum atomic E-state index is 0.146. The first-order chi connectivity index (χ1) is 17.4. The Bertz CT molecular complexity index is 1250. The molecule has 4 rings (SSSR count). The molecule has 2 aliphatic rings. The number of benzene rings is 1. The monoisotopic (exact) mass is 496 g/mol. The molecule has 1 unspecified atom stereocenters. The Morgan fingerprint density at radius 2 is 1.92 bits per heavy atom. The summed E-state index contributed by atoms with van der Waals surface area (Å²) in [6.07, 6.45) is 17.9. The van der Waals surface area contributed by atoms with Crippen LogP contribution in [0.4, 0.5) is 0 Å². The van der Waals surface area contributed by atoms with E-state index in [1.165, 1.54) is 50.1 Å². The number of aromatic nitrogens is 1. The maximum atomic E-state index is 4.93. The number of aryl methyl sites for hydroxylation is 3. The Hall–Kier alpha value is -2.78. The molecule has 1 aromatic heterocycles. The van der Waals surface area contributed by atoms with Gasteiger partial charge in [-0.25, -0.2) is 0 Å². The van der Waals surface area contributed by atoms with Crippen LogP contribution in [0.15, 0.2) is 84.4 Å². The molecule has 0 N–H and O–H groups in total. The normalized spacial score (nSPS) is 17.2. The van der Waals surface area contributed by atoms with Crippen LogP contribution in [0.25, 0.3) is 5.57 Å². The van der Waals surface area contributed by atoms with Gasteiger partial charge in [0.15, 0.2) is 0 Å². The van der Waals surface area contributed by atoms with Crippen LogP contribution in [-0.4, -0.2) is 15.3 Å². The van der Waals surface area contributed by atoms with E-state index in [1.54, 1.807) is 0 Å². The van der Waals surface area contributed by atoms with Crippen LogP contribution in [0.5, 0.6) is 0 Å². The lowest BCUT2D eigenvalue weighted by atomic mass is 9.81. The molecular weight excluding hydrogens is 456 g/mol. The summed E-state index contributed by atoms with van der Waals surface area (Å²) in [5.41, 5.74) is 14.7. The highest BCUT2D eigenvalue weighted by atomic mass is 32.1. The topological polar surface area (TPSA) is 16.1 Å². The van der Waals surface area contributed by atoms with Crippen molar-refractivity contribution >= 4 is 18.4 Å². The number of thiol groups is 1. The van der Waals surface area contributed by atoms with Gasteiger partial charge in [0.05, 0.1) is 6.04 Å². The third kappa shape index (κ3) is 5.18. The standard InChI is InChI=1S/C33H40N2S/c1-7-25-13-16-30-31(19-23(25)6)32(35(36)22(4)5)17-14-27-20-26(8-2)28(9-3)29(33(27)30)15-12-24-11-10-18-34-21-24/h10-11,13,16,18-21,32,36H,4,6-9,12,14-15,17H2,1-3,5H3. The molecular formula is C33H40N2S. The van der Waals surface area contributed by atoms with Crippen molar-refractivity contribution in [2.24, 2.45) is 0 Å². The lowest BCUT2D eigenvalue weighted by Gasteiger charge is -2.31. The zero-order chi connectivity index (χ0) is 25.8. The molecule has 0 bridgehead atoms. The third-order valence-electron chi connectivity index (χ3n) is 7.73. The van der Waals surface area contributed by atoms with Gasteiger partial charge in [-0.1, -0.05) is 71.0 Å². The largest absolute Gasteiger partial charge is 0.316 e. The number of allylic oxidation sites excluding steroid dienone is 6. The third-order valence-corrected chi connectivity index (χ3v) is 8.35. The fourth-order valence-corrected chi connectivity index (χ4v) is 6.09. The lowest BCUT2D eigenvalue weighted by Crippen LogP contribution is -2.28. The van der Waals surface area contributed by atoms with Crippen LogP contribution in [0, 0.1) is 0 Å². The summed E-state index contributed by atoms with van der Waals surface area (Å²) in [6, 6.07) is 6.88. The van der Waals surface area contributed by atoms with Gasteiger partial charge in [0.1, 0.15) is 0 Å². The fourth-order valence-electron chi connectivity index (χ4n) is 5.85. The highest BCUT2D eigenvalue weighted by Crippen LogP contribution is 2.44. The summed E-state index contributed by atoms with van der Waals surface area (Å²) < 4.78 is 2.06. The van der Waals surface area contributed by atoms with E-state index >= 15 is 0 Å².